The molecular formula is C20H30N2O3. The maximum atomic E-state index is 12.9. The standard InChI is InChI=1S/C20H30N2O3/c1-20(2,25)9-8-15-6-5-7-16(12-15)19(24)22-13-17(18(23)14-22)21-10-3-4-11-21/h5-7,12,17-18,23,25H,3-4,8-11,13-14H2,1-2H3/t17-,18-/m0/s1. The Hall–Kier alpha value is -1.43. The third-order valence-corrected chi connectivity index (χ3v) is 5.36. The van der Waals surface area contributed by atoms with Crippen molar-refractivity contribution in [2.45, 2.75) is 57.3 Å². The summed E-state index contributed by atoms with van der Waals surface area (Å²) >= 11 is 0. The fourth-order valence-corrected chi connectivity index (χ4v) is 3.86. The van der Waals surface area contributed by atoms with Gasteiger partial charge in [-0.2, -0.15) is 0 Å². The summed E-state index contributed by atoms with van der Waals surface area (Å²) in [6.07, 6.45) is 3.30. The van der Waals surface area contributed by atoms with Crippen LogP contribution in [0.15, 0.2) is 24.3 Å². The number of likely N-dealkylation sites (tertiary alicyclic amines) is 2. The predicted molar refractivity (Wildman–Crippen MR) is 97.6 cm³/mol. The number of carbonyl (C=O) groups is 1. The molecule has 2 saturated heterocycles. The molecule has 0 aromatic heterocycles. The highest BCUT2D eigenvalue weighted by molar-refractivity contribution is 5.94. The van der Waals surface area contributed by atoms with Crippen LogP contribution in [0.5, 0.6) is 0 Å². The summed E-state index contributed by atoms with van der Waals surface area (Å²) in [5.41, 5.74) is 1.02. The van der Waals surface area contributed by atoms with Crippen LogP contribution in [-0.2, 0) is 6.42 Å². The summed E-state index contributed by atoms with van der Waals surface area (Å²) in [5, 5.41) is 20.3. The van der Waals surface area contributed by atoms with E-state index < -0.39 is 11.7 Å². The Bertz CT molecular complexity index is 605. The van der Waals surface area contributed by atoms with Gasteiger partial charge in [0.25, 0.3) is 5.91 Å². The van der Waals surface area contributed by atoms with Crippen LogP contribution in [0.25, 0.3) is 0 Å². The average molecular weight is 346 g/mol. The van der Waals surface area contributed by atoms with Gasteiger partial charge in [0, 0.05) is 18.7 Å². The van der Waals surface area contributed by atoms with E-state index in [0.29, 0.717) is 25.1 Å². The summed E-state index contributed by atoms with van der Waals surface area (Å²) in [7, 11) is 0. The molecule has 2 N–H and O–H groups in total. The van der Waals surface area contributed by atoms with Crippen LogP contribution in [0.4, 0.5) is 0 Å². The highest BCUT2D eigenvalue weighted by Gasteiger charge is 2.38. The molecule has 25 heavy (non-hydrogen) atoms. The van der Waals surface area contributed by atoms with E-state index in [2.05, 4.69) is 4.90 Å². The van der Waals surface area contributed by atoms with Gasteiger partial charge in [0.2, 0.25) is 0 Å². The van der Waals surface area contributed by atoms with Crippen molar-refractivity contribution in [1.29, 1.82) is 0 Å². The summed E-state index contributed by atoms with van der Waals surface area (Å²) in [4.78, 5) is 17.0. The third-order valence-electron chi connectivity index (χ3n) is 5.36. The van der Waals surface area contributed by atoms with Crippen LogP contribution in [0, 0.1) is 0 Å². The van der Waals surface area contributed by atoms with Crippen LogP contribution in [0.3, 0.4) is 0 Å². The van der Waals surface area contributed by atoms with Crippen LogP contribution >= 0.6 is 0 Å². The normalized spacial score (nSPS) is 24.9. The van der Waals surface area contributed by atoms with E-state index in [0.717, 1.165) is 25.1 Å². The molecule has 2 aliphatic heterocycles. The van der Waals surface area contributed by atoms with Gasteiger partial charge in [0.15, 0.2) is 0 Å². The van der Waals surface area contributed by atoms with Crippen molar-refractivity contribution in [1.82, 2.24) is 9.80 Å². The Labute approximate surface area is 150 Å². The first-order valence-corrected chi connectivity index (χ1v) is 9.36. The van der Waals surface area contributed by atoms with Gasteiger partial charge in [0.1, 0.15) is 0 Å². The topological polar surface area (TPSA) is 64.0 Å². The molecule has 0 radical (unpaired) electrons. The molecule has 0 unspecified atom stereocenters. The summed E-state index contributed by atoms with van der Waals surface area (Å²) in [5.74, 6) is -0.00847. The van der Waals surface area contributed by atoms with Gasteiger partial charge < -0.3 is 15.1 Å². The zero-order valence-corrected chi connectivity index (χ0v) is 15.3. The molecule has 2 aliphatic rings. The summed E-state index contributed by atoms with van der Waals surface area (Å²) in [6, 6.07) is 7.73. The number of rotatable bonds is 5. The van der Waals surface area contributed by atoms with Gasteiger partial charge in [-0.3, -0.25) is 9.69 Å². The van der Waals surface area contributed by atoms with Crippen LogP contribution in [0.1, 0.15) is 49.0 Å². The van der Waals surface area contributed by atoms with Crippen molar-refractivity contribution >= 4 is 5.91 Å². The van der Waals surface area contributed by atoms with Crippen molar-refractivity contribution < 1.29 is 15.0 Å². The minimum Gasteiger partial charge on any atom is -0.390 e. The molecule has 1 amide bonds. The lowest BCUT2D eigenvalue weighted by atomic mass is 9.98. The van der Waals surface area contributed by atoms with E-state index >= 15 is 0 Å². The Morgan fingerprint density at radius 1 is 1.24 bits per heavy atom. The Morgan fingerprint density at radius 2 is 1.96 bits per heavy atom. The van der Waals surface area contributed by atoms with E-state index in [1.165, 1.54) is 12.8 Å². The number of β-amino-alcohol motifs (C(OH)–C–C–N with tert-alkyl or cyclic N) is 1. The van der Waals surface area contributed by atoms with Gasteiger partial charge in [-0.15, -0.1) is 0 Å². The van der Waals surface area contributed by atoms with E-state index in [1.807, 2.05) is 24.3 Å². The van der Waals surface area contributed by atoms with E-state index in [4.69, 9.17) is 0 Å². The zero-order valence-electron chi connectivity index (χ0n) is 15.3. The Morgan fingerprint density at radius 3 is 2.64 bits per heavy atom. The van der Waals surface area contributed by atoms with E-state index in [-0.39, 0.29) is 11.9 Å². The minimum absolute atomic E-state index is 0.00847. The van der Waals surface area contributed by atoms with Gasteiger partial charge in [-0.1, -0.05) is 12.1 Å². The molecular weight excluding hydrogens is 316 g/mol. The van der Waals surface area contributed by atoms with E-state index in [1.54, 1.807) is 18.7 Å². The first-order chi connectivity index (χ1) is 11.8. The molecule has 2 atom stereocenters. The van der Waals surface area contributed by atoms with Crippen molar-refractivity contribution in [2.24, 2.45) is 0 Å². The van der Waals surface area contributed by atoms with Gasteiger partial charge in [0.05, 0.1) is 17.7 Å². The number of aliphatic hydroxyl groups is 2. The number of benzene rings is 1. The molecule has 0 spiro atoms. The van der Waals surface area contributed by atoms with Crippen molar-refractivity contribution in [2.75, 3.05) is 26.2 Å². The first-order valence-electron chi connectivity index (χ1n) is 9.36. The number of hydrogen-bond acceptors (Lipinski definition) is 4. The molecule has 2 heterocycles. The van der Waals surface area contributed by atoms with Gasteiger partial charge >= 0.3 is 0 Å². The number of aliphatic hydroxyl groups excluding tert-OH is 1. The maximum absolute atomic E-state index is 12.9. The van der Waals surface area contributed by atoms with Crippen molar-refractivity contribution in [3.8, 4) is 0 Å². The highest BCUT2D eigenvalue weighted by Crippen LogP contribution is 2.23. The second kappa shape index (κ2) is 7.44. The number of aryl methyl sites for hydroxylation is 1. The monoisotopic (exact) mass is 346 g/mol. The van der Waals surface area contributed by atoms with Gasteiger partial charge in [-0.05, 0) is 70.3 Å². The molecule has 0 saturated carbocycles. The second-order valence-electron chi connectivity index (χ2n) is 8.10. The van der Waals surface area contributed by atoms with E-state index in [9.17, 15) is 15.0 Å². The molecule has 1 aromatic rings. The molecule has 0 bridgehead atoms. The van der Waals surface area contributed by atoms with Crippen molar-refractivity contribution in [3.05, 3.63) is 35.4 Å². The fourth-order valence-electron chi connectivity index (χ4n) is 3.86. The van der Waals surface area contributed by atoms with Crippen LogP contribution in [-0.4, -0.2) is 69.8 Å². The predicted octanol–water partition coefficient (Wildman–Crippen LogP) is 1.67. The van der Waals surface area contributed by atoms with Crippen molar-refractivity contribution in [3.63, 3.8) is 0 Å². The molecule has 5 heteroatoms. The Balaban J connectivity index is 1.65. The minimum atomic E-state index is -0.706. The lowest BCUT2D eigenvalue weighted by Gasteiger charge is -2.25. The maximum Gasteiger partial charge on any atom is 0.254 e. The first kappa shape index (κ1) is 18.4. The smallest absolute Gasteiger partial charge is 0.254 e. The largest absolute Gasteiger partial charge is 0.390 e. The molecule has 138 valence electrons. The summed E-state index contributed by atoms with van der Waals surface area (Å²) < 4.78 is 0. The molecule has 0 aliphatic carbocycles. The summed E-state index contributed by atoms with van der Waals surface area (Å²) in [6.45, 7) is 6.66. The third kappa shape index (κ3) is 4.60. The average Bonchev–Trinajstić information content (AvgIpc) is 3.21. The molecule has 1 aromatic carbocycles. The second-order valence-corrected chi connectivity index (χ2v) is 8.10. The number of amides is 1. The lowest BCUT2D eigenvalue weighted by molar-refractivity contribution is 0.0714. The zero-order chi connectivity index (χ0) is 18.0. The SMILES string of the molecule is CC(C)(O)CCc1cccc(C(=O)N2C[C@H](O)[C@@H](N3CCCC3)C2)c1. The molecule has 2 fully saturated rings. The number of nitrogens with zero attached hydrogens (tertiary/aromatic N) is 2. The van der Waals surface area contributed by atoms with Crippen LogP contribution in [0.2, 0.25) is 0 Å². The van der Waals surface area contributed by atoms with Crippen LogP contribution < -0.4 is 0 Å². The highest BCUT2D eigenvalue weighted by atomic mass is 16.3. The quantitative estimate of drug-likeness (QED) is 0.851. The molecule has 3 rings (SSSR count). The number of carbonyl (C=O) groups excluding carboxylic acids is 1. The number of hydrogen-bond donors (Lipinski definition) is 2. The van der Waals surface area contributed by atoms with Gasteiger partial charge in [-0.25, -0.2) is 0 Å². The molecule has 5 nitrogen and oxygen atoms in total. The lowest BCUT2D eigenvalue weighted by Crippen LogP contribution is -2.41. The fraction of sp³-hybridized carbons (Fsp3) is 0.650. The Kier molecular flexibility index (Phi) is 5.46.